The molecule has 0 atom stereocenters. The molecule has 1 aromatic rings. The van der Waals surface area contributed by atoms with Gasteiger partial charge in [-0.05, 0) is 31.7 Å². The highest BCUT2D eigenvalue weighted by Gasteiger charge is 2.27. The third-order valence-corrected chi connectivity index (χ3v) is 5.06. The monoisotopic (exact) mass is 333 g/mol. The van der Waals surface area contributed by atoms with Crippen molar-refractivity contribution in [1.82, 2.24) is 15.1 Å². The van der Waals surface area contributed by atoms with Crippen LogP contribution in [0.25, 0.3) is 0 Å². The van der Waals surface area contributed by atoms with Crippen molar-refractivity contribution < 1.29 is 14.0 Å². The molecule has 0 radical (unpaired) electrons. The van der Waals surface area contributed by atoms with Crippen LogP contribution in [-0.2, 0) is 11.3 Å². The summed E-state index contributed by atoms with van der Waals surface area (Å²) >= 11 is 0. The summed E-state index contributed by atoms with van der Waals surface area (Å²) in [5.74, 6) is 0.0211. The Morgan fingerprint density at radius 2 is 1.92 bits per heavy atom. The van der Waals surface area contributed by atoms with E-state index in [0.717, 1.165) is 57.2 Å². The van der Waals surface area contributed by atoms with Gasteiger partial charge in [-0.15, -0.1) is 0 Å². The Morgan fingerprint density at radius 3 is 2.58 bits per heavy atom. The first-order valence-electron chi connectivity index (χ1n) is 9.07. The molecule has 2 fully saturated rings. The first-order chi connectivity index (χ1) is 11.7. The Morgan fingerprint density at radius 1 is 1.17 bits per heavy atom. The SMILES string of the molecule is O=C(CNC(=O)N(Cc1ccoc1)C1CCCCC1)N1CCCC1. The van der Waals surface area contributed by atoms with E-state index in [2.05, 4.69) is 5.32 Å². The average Bonchev–Trinajstić information content (AvgIpc) is 3.31. The van der Waals surface area contributed by atoms with Crippen molar-refractivity contribution >= 4 is 11.9 Å². The fourth-order valence-electron chi connectivity index (χ4n) is 3.67. The second-order valence-electron chi connectivity index (χ2n) is 6.80. The number of carbonyl (C=O) groups excluding carboxylic acids is 2. The lowest BCUT2D eigenvalue weighted by Crippen LogP contribution is -2.49. The van der Waals surface area contributed by atoms with Crippen molar-refractivity contribution in [2.75, 3.05) is 19.6 Å². The van der Waals surface area contributed by atoms with Gasteiger partial charge in [-0.2, -0.15) is 0 Å². The quantitative estimate of drug-likeness (QED) is 0.901. The molecule has 0 spiro atoms. The highest BCUT2D eigenvalue weighted by Crippen LogP contribution is 2.24. The van der Waals surface area contributed by atoms with E-state index in [0.29, 0.717) is 6.54 Å². The van der Waals surface area contributed by atoms with Gasteiger partial charge >= 0.3 is 6.03 Å². The first-order valence-corrected chi connectivity index (χ1v) is 9.07. The van der Waals surface area contributed by atoms with Crippen LogP contribution in [0, 0.1) is 0 Å². The summed E-state index contributed by atoms with van der Waals surface area (Å²) in [5, 5.41) is 2.83. The van der Waals surface area contributed by atoms with Crippen molar-refractivity contribution in [2.45, 2.75) is 57.5 Å². The van der Waals surface area contributed by atoms with Gasteiger partial charge < -0.3 is 19.5 Å². The van der Waals surface area contributed by atoms with Crippen LogP contribution in [0.2, 0.25) is 0 Å². The molecule has 2 heterocycles. The zero-order chi connectivity index (χ0) is 16.8. The van der Waals surface area contributed by atoms with Gasteiger partial charge in [-0.1, -0.05) is 19.3 Å². The predicted molar refractivity (Wildman–Crippen MR) is 90.3 cm³/mol. The molecule has 1 saturated heterocycles. The molecule has 3 rings (SSSR count). The van der Waals surface area contributed by atoms with Crippen LogP contribution in [0.4, 0.5) is 4.79 Å². The molecule has 1 aromatic heterocycles. The Balaban J connectivity index is 1.58. The van der Waals surface area contributed by atoms with Crippen LogP contribution in [0.1, 0.15) is 50.5 Å². The molecule has 0 aromatic carbocycles. The lowest BCUT2D eigenvalue weighted by molar-refractivity contribution is -0.129. The second-order valence-corrected chi connectivity index (χ2v) is 6.80. The third kappa shape index (κ3) is 4.30. The number of hydrogen-bond donors (Lipinski definition) is 1. The number of nitrogens with one attached hydrogen (secondary N) is 1. The van der Waals surface area contributed by atoms with Crippen LogP contribution in [0.5, 0.6) is 0 Å². The van der Waals surface area contributed by atoms with Gasteiger partial charge in [-0.25, -0.2) is 4.79 Å². The van der Waals surface area contributed by atoms with E-state index < -0.39 is 0 Å². The number of rotatable bonds is 5. The minimum absolute atomic E-state index is 0.0211. The highest BCUT2D eigenvalue weighted by atomic mass is 16.3. The Bertz CT molecular complexity index is 532. The van der Waals surface area contributed by atoms with Gasteiger partial charge in [0, 0.05) is 24.7 Å². The number of amides is 3. The van der Waals surface area contributed by atoms with Gasteiger partial charge in [0.1, 0.15) is 0 Å². The van der Waals surface area contributed by atoms with Crippen molar-refractivity contribution in [3.8, 4) is 0 Å². The van der Waals surface area contributed by atoms with Gasteiger partial charge in [0.05, 0.1) is 25.6 Å². The van der Waals surface area contributed by atoms with Crippen LogP contribution < -0.4 is 5.32 Å². The standard InChI is InChI=1S/C18H27N3O3/c22-17(20-9-4-5-10-20)12-19-18(23)21(13-15-8-11-24-14-15)16-6-2-1-3-7-16/h8,11,14,16H,1-7,9-10,12-13H2,(H,19,23). The predicted octanol–water partition coefficient (Wildman–Crippen LogP) is 2.75. The highest BCUT2D eigenvalue weighted by molar-refractivity contribution is 5.84. The summed E-state index contributed by atoms with van der Waals surface area (Å²) in [6.07, 6.45) is 11.1. The third-order valence-electron chi connectivity index (χ3n) is 5.06. The molecular formula is C18H27N3O3. The van der Waals surface area contributed by atoms with Crippen molar-refractivity contribution in [3.05, 3.63) is 24.2 Å². The Labute approximate surface area is 143 Å². The second kappa shape index (κ2) is 8.22. The molecule has 1 N–H and O–H groups in total. The zero-order valence-electron chi connectivity index (χ0n) is 14.2. The molecule has 0 bridgehead atoms. The summed E-state index contributed by atoms with van der Waals surface area (Å²) in [6, 6.07) is 1.99. The normalized spacial score (nSPS) is 18.6. The van der Waals surface area contributed by atoms with Gasteiger partial charge in [0.2, 0.25) is 5.91 Å². The molecule has 132 valence electrons. The summed E-state index contributed by atoms with van der Waals surface area (Å²) in [6.45, 7) is 2.25. The van der Waals surface area contributed by atoms with Crippen LogP contribution in [0.3, 0.4) is 0 Å². The minimum Gasteiger partial charge on any atom is -0.472 e. The molecule has 6 heteroatoms. The number of urea groups is 1. The molecule has 1 aliphatic heterocycles. The molecular weight excluding hydrogens is 306 g/mol. The van der Waals surface area contributed by atoms with E-state index in [4.69, 9.17) is 4.42 Å². The molecule has 1 saturated carbocycles. The van der Waals surface area contributed by atoms with E-state index in [1.807, 2.05) is 15.9 Å². The first kappa shape index (κ1) is 16.9. The fourth-order valence-corrected chi connectivity index (χ4v) is 3.67. The zero-order valence-corrected chi connectivity index (χ0v) is 14.2. The maximum absolute atomic E-state index is 12.7. The maximum Gasteiger partial charge on any atom is 0.318 e. The lowest BCUT2D eigenvalue weighted by atomic mass is 9.94. The number of hydrogen-bond acceptors (Lipinski definition) is 3. The van der Waals surface area contributed by atoms with E-state index in [1.54, 1.807) is 12.5 Å². The van der Waals surface area contributed by atoms with E-state index in [9.17, 15) is 9.59 Å². The molecule has 6 nitrogen and oxygen atoms in total. The largest absolute Gasteiger partial charge is 0.472 e. The molecule has 0 unspecified atom stereocenters. The number of furan rings is 1. The van der Waals surface area contributed by atoms with Gasteiger partial charge in [0.25, 0.3) is 0 Å². The summed E-state index contributed by atoms with van der Waals surface area (Å²) in [5.41, 5.74) is 0.988. The molecule has 1 aliphatic carbocycles. The molecule has 3 amide bonds. The van der Waals surface area contributed by atoms with Crippen LogP contribution in [-0.4, -0.2) is 47.4 Å². The van der Waals surface area contributed by atoms with Gasteiger partial charge in [0.15, 0.2) is 0 Å². The van der Waals surface area contributed by atoms with Crippen molar-refractivity contribution in [2.24, 2.45) is 0 Å². The maximum atomic E-state index is 12.7. The summed E-state index contributed by atoms with van der Waals surface area (Å²) < 4.78 is 5.13. The molecule has 2 aliphatic rings. The van der Waals surface area contributed by atoms with Crippen LogP contribution in [0.15, 0.2) is 23.0 Å². The van der Waals surface area contributed by atoms with Gasteiger partial charge in [-0.3, -0.25) is 4.79 Å². The topological polar surface area (TPSA) is 65.8 Å². The van der Waals surface area contributed by atoms with Crippen LogP contribution >= 0.6 is 0 Å². The summed E-state index contributed by atoms with van der Waals surface area (Å²) in [7, 11) is 0. The number of nitrogens with zero attached hydrogens (tertiary/aromatic N) is 2. The Kier molecular flexibility index (Phi) is 5.77. The van der Waals surface area contributed by atoms with Crippen molar-refractivity contribution in [1.29, 1.82) is 0 Å². The van der Waals surface area contributed by atoms with E-state index >= 15 is 0 Å². The lowest BCUT2D eigenvalue weighted by Gasteiger charge is -2.34. The minimum atomic E-state index is -0.143. The van der Waals surface area contributed by atoms with E-state index in [-0.39, 0.29) is 24.5 Å². The summed E-state index contributed by atoms with van der Waals surface area (Å²) in [4.78, 5) is 28.6. The number of likely N-dealkylation sites (tertiary alicyclic amines) is 1. The van der Waals surface area contributed by atoms with Crippen molar-refractivity contribution in [3.63, 3.8) is 0 Å². The smallest absolute Gasteiger partial charge is 0.318 e. The van der Waals surface area contributed by atoms with E-state index in [1.165, 1.54) is 6.42 Å². The average molecular weight is 333 g/mol. The molecule has 24 heavy (non-hydrogen) atoms. The Hall–Kier alpha value is -1.98. The number of carbonyl (C=O) groups is 2. The fraction of sp³-hybridized carbons (Fsp3) is 0.667.